The second kappa shape index (κ2) is 18.8. The maximum absolute atomic E-state index is 13.6. The van der Waals surface area contributed by atoms with Crippen molar-refractivity contribution in [2.24, 2.45) is 5.92 Å². The quantitative estimate of drug-likeness (QED) is 0.197. The molecule has 0 bridgehead atoms. The van der Waals surface area contributed by atoms with Crippen molar-refractivity contribution in [1.82, 2.24) is 21.3 Å². The molecule has 0 saturated heterocycles. The lowest BCUT2D eigenvalue weighted by atomic mass is 10.0. The van der Waals surface area contributed by atoms with Crippen LogP contribution >= 0.6 is 0 Å². The first-order valence-electron chi connectivity index (χ1n) is 15.3. The Labute approximate surface area is 246 Å². The average Bonchev–Trinajstić information content (AvgIpc) is 2.93. The van der Waals surface area contributed by atoms with Crippen LogP contribution in [0.3, 0.4) is 0 Å². The van der Waals surface area contributed by atoms with Gasteiger partial charge in [-0.3, -0.25) is 19.2 Å². The zero-order valence-electron chi connectivity index (χ0n) is 25.3. The molecule has 8 nitrogen and oxygen atoms in total. The van der Waals surface area contributed by atoms with Crippen molar-refractivity contribution in [3.8, 4) is 0 Å². The Morgan fingerprint density at radius 3 is 2.34 bits per heavy atom. The number of carbonyl (C=O) groups is 4. The molecule has 4 N–H and O–H groups in total. The Bertz CT molecular complexity index is 1030. The van der Waals surface area contributed by atoms with Crippen molar-refractivity contribution in [2.75, 3.05) is 6.54 Å². The van der Waals surface area contributed by atoms with Gasteiger partial charge >= 0.3 is 0 Å². The topological polar surface area (TPSA) is 116 Å². The van der Waals surface area contributed by atoms with Gasteiger partial charge in [-0.25, -0.2) is 0 Å². The van der Waals surface area contributed by atoms with Gasteiger partial charge in [0.25, 0.3) is 0 Å². The third-order valence-electron chi connectivity index (χ3n) is 7.22. The summed E-state index contributed by atoms with van der Waals surface area (Å²) >= 11 is 0. The largest absolute Gasteiger partial charge is 0.352 e. The Morgan fingerprint density at radius 1 is 0.976 bits per heavy atom. The van der Waals surface area contributed by atoms with E-state index in [4.69, 9.17) is 0 Å². The van der Waals surface area contributed by atoms with E-state index in [0.717, 1.165) is 30.4 Å². The maximum Gasteiger partial charge on any atom is 0.247 e. The average molecular weight is 567 g/mol. The van der Waals surface area contributed by atoms with Crippen LogP contribution in [0.1, 0.15) is 89.7 Å². The van der Waals surface area contributed by atoms with Gasteiger partial charge in [0, 0.05) is 31.5 Å². The zero-order chi connectivity index (χ0) is 30.0. The van der Waals surface area contributed by atoms with Gasteiger partial charge in [0.05, 0.1) is 0 Å². The molecule has 0 radical (unpaired) electrons. The van der Waals surface area contributed by atoms with E-state index in [-0.39, 0.29) is 29.7 Å². The smallest absolute Gasteiger partial charge is 0.247 e. The molecule has 0 fully saturated rings. The number of unbranched alkanes of at least 4 members (excludes halogenated alkanes) is 6. The van der Waals surface area contributed by atoms with Crippen LogP contribution in [0.5, 0.6) is 0 Å². The molecule has 2 rings (SSSR count). The molecule has 0 saturated carbocycles. The Kier molecular flexibility index (Phi) is 15.5. The van der Waals surface area contributed by atoms with E-state index < -0.39 is 18.0 Å². The van der Waals surface area contributed by atoms with Crippen LogP contribution in [0.4, 0.5) is 0 Å². The summed E-state index contributed by atoms with van der Waals surface area (Å²) in [5.74, 6) is -1.13. The van der Waals surface area contributed by atoms with Crippen LogP contribution in [-0.2, 0) is 25.6 Å². The van der Waals surface area contributed by atoms with Gasteiger partial charge in [0.2, 0.25) is 23.6 Å². The fourth-order valence-electron chi connectivity index (χ4n) is 4.59. The molecule has 1 aliphatic heterocycles. The van der Waals surface area contributed by atoms with Crippen molar-refractivity contribution < 1.29 is 19.2 Å². The summed E-state index contributed by atoms with van der Waals surface area (Å²) in [6.45, 7) is 8.50. The summed E-state index contributed by atoms with van der Waals surface area (Å²) in [6, 6.07) is 5.73. The van der Waals surface area contributed by atoms with E-state index >= 15 is 0 Å². The van der Waals surface area contributed by atoms with Crippen LogP contribution in [0.25, 0.3) is 0 Å². The minimum atomic E-state index is -0.923. The highest BCUT2D eigenvalue weighted by atomic mass is 16.2. The molecular weight excluding hydrogens is 516 g/mol. The maximum atomic E-state index is 13.6. The van der Waals surface area contributed by atoms with Crippen molar-refractivity contribution in [3.63, 3.8) is 0 Å². The number of rotatable bonds is 14. The van der Waals surface area contributed by atoms with Crippen LogP contribution < -0.4 is 21.3 Å². The minimum Gasteiger partial charge on any atom is -0.352 e. The summed E-state index contributed by atoms with van der Waals surface area (Å²) in [5, 5.41) is 11.5. The van der Waals surface area contributed by atoms with Gasteiger partial charge in [-0.2, -0.15) is 0 Å². The number of carbonyl (C=O) groups excluding carboxylic acids is 4. The molecule has 1 aromatic carbocycles. The van der Waals surface area contributed by atoms with Crippen LogP contribution in [0, 0.1) is 12.8 Å². The monoisotopic (exact) mass is 566 g/mol. The molecule has 1 aromatic rings. The lowest BCUT2D eigenvalue weighted by Gasteiger charge is -2.25. The number of benzene rings is 1. The molecule has 0 aliphatic carbocycles. The molecule has 3 atom stereocenters. The van der Waals surface area contributed by atoms with Gasteiger partial charge < -0.3 is 21.3 Å². The fraction of sp³-hybridized carbons (Fsp3) is 0.576. The number of amides is 4. The van der Waals surface area contributed by atoms with E-state index in [1.54, 1.807) is 18.2 Å². The number of aryl methyl sites for hydroxylation is 1. The molecule has 4 amide bonds. The molecule has 0 spiro atoms. The predicted octanol–water partition coefficient (Wildman–Crippen LogP) is 4.42. The standard InChI is InChI=1S/C33H50N4O4/c1-5-6-7-8-9-10-11-15-31(39)35-29(23-26-18-16-25(4)17-19-26)33(41)37-28-14-12-13-22-34-30(38)21-20-27(24(2)3)36-32(28)40/h12,14,16-21,24,27-29H,5-11,13,15,22-23H2,1-4H3,(H,34,38)(H,35,39)(H,36,40)(H,37,41)/b14-12+,21-20+/t27-,28+,29+/m1/s1. The minimum absolute atomic E-state index is 0.0338. The Balaban J connectivity index is 2.12. The normalized spacial score (nSPS) is 20.1. The molecular formula is C33H50N4O4. The Hall–Kier alpha value is -3.42. The molecule has 226 valence electrons. The third kappa shape index (κ3) is 13.7. The summed E-state index contributed by atoms with van der Waals surface area (Å²) in [5.41, 5.74) is 2.03. The molecule has 0 unspecified atom stereocenters. The lowest BCUT2D eigenvalue weighted by molar-refractivity contribution is -0.131. The number of hydrogen-bond acceptors (Lipinski definition) is 4. The summed E-state index contributed by atoms with van der Waals surface area (Å²) in [6.07, 6.45) is 15.5. The van der Waals surface area contributed by atoms with E-state index in [1.807, 2.05) is 45.0 Å². The van der Waals surface area contributed by atoms with Crippen molar-refractivity contribution in [2.45, 2.75) is 110 Å². The summed E-state index contributed by atoms with van der Waals surface area (Å²) in [4.78, 5) is 51.7. The molecule has 1 heterocycles. The van der Waals surface area contributed by atoms with Crippen molar-refractivity contribution in [3.05, 3.63) is 59.7 Å². The highest BCUT2D eigenvalue weighted by Gasteiger charge is 2.27. The molecule has 0 aromatic heterocycles. The van der Waals surface area contributed by atoms with Crippen molar-refractivity contribution in [1.29, 1.82) is 0 Å². The van der Waals surface area contributed by atoms with Gasteiger partial charge in [-0.15, -0.1) is 0 Å². The van der Waals surface area contributed by atoms with Crippen LogP contribution in [-0.4, -0.2) is 48.3 Å². The highest BCUT2D eigenvalue weighted by Crippen LogP contribution is 2.11. The molecule has 41 heavy (non-hydrogen) atoms. The molecule has 8 heteroatoms. The van der Waals surface area contributed by atoms with E-state index in [9.17, 15) is 19.2 Å². The van der Waals surface area contributed by atoms with E-state index in [0.29, 0.717) is 25.8 Å². The number of hydrogen-bond donors (Lipinski definition) is 4. The Morgan fingerprint density at radius 2 is 1.66 bits per heavy atom. The second-order valence-electron chi connectivity index (χ2n) is 11.3. The van der Waals surface area contributed by atoms with E-state index in [2.05, 4.69) is 28.2 Å². The second-order valence-corrected chi connectivity index (χ2v) is 11.3. The van der Waals surface area contributed by atoms with Gasteiger partial charge in [-0.1, -0.05) is 107 Å². The first-order valence-corrected chi connectivity index (χ1v) is 15.3. The first kappa shape index (κ1) is 33.8. The first-order chi connectivity index (χ1) is 19.7. The molecule has 1 aliphatic rings. The lowest BCUT2D eigenvalue weighted by Crippen LogP contribution is -2.55. The van der Waals surface area contributed by atoms with Crippen LogP contribution in [0.15, 0.2) is 48.6 Å². The fourth-order valence-corrected chi connectivity index (χ4v) is 4.59. The zero-order valence-corrected chi connectivity index (χ0v) is 25.3. The van der Waals surface area contributed by atoms with Gasteiger partial charge in [-0.05, 0) is 31.2 Å². The SMILES string of the molecule is CCCCCCCCCC(=O)N[C@@H](Cc1ccc(C)cc1)C(=O)N[C@H]1/C=C/CCNC(=O)/C=C/[C@H](C(C)C)NC1=O. The van der Waals surface area contributed by atoms with Gasteiger partial charge in [0.15, 0.2) is 0 Å². The van der Waals surface area contributed by atoms with Crippen LogP contribution in [0.2, 0.25) is 0 Å². The van der Waals surface area contributed by atoms with Gasteiger partial charge in [0.1, 0.15) is 12.1 Å². The summed E-state index contributed by atoms with van der Waals surface area (Å²) < 4.78 is 0. The highest BCUT2D eigenvalue weighted by molar-refractivity contribution is 5.93. The van der Waals surface area contributed by atoms with E-state index in [1.165, 1.54) is 31.8 Å². The summed E-state index contributed by atoms with van der Waals surface area (Å²) in [7, 11) is 0. The third-order valence-corrected chi connectivity index (χ3v) is 7.22. The number of nitrogens with one attached hydrogen (secondary N) is 4. The van der Waals surface area contributed by atoms with Crippen molar-refractivity contribution >= 4 is 23.6 Å². The predicted molar refractivity (Wildman–Crippen MR) is 164 cm³/mol.